The molecule has 4 heterocycles. The predicted molar refractivity (Wildman–Crippen MR) is 90.5 cm³/mol. The van der Waals surface area contributed by atoms with Gasteiger partial charge in [0, 0.05) is 17.7 Å². The van der Waals surface area contributed by atoms with Crippen molar-refractivity contribution in [1.29, 1.82) is 0 Å². The Morgan fingerprint density at radius 3 is 2.40 bits per heavy atom. The molecule has 4 rings (SSSR count). The Morgan fingerprint density at radius 2 is 1.76 bits per heavy atom. The van der Waals surface area contributed by atoms with E-state index in [0.717, 1.165) is 11.3 Å². The number of aryl methyl sites for hydroxylation is 1. The van der Waals surface area contributed by atoms with Crippen molar-refractivity contribution in [2.75, 3.05) is 14.2 Å². The number of pyridine rings is 1. The van der Waals surface area contributed by atoms with Gasteiger partial charge in [-0.3, -0.25) is 0 Å². The van der Waals surface area contributed by atoms with Gasteiger partial charge in [0.05, 0.1) is 20.5 Å². The Kier molecular flexibility index (Phi) is 3.57. The molecule has 1 N–H and O–H groups in total. The summed E-state index contributed by atoms with van der Waals surface area (Å²) in [5.74, 6) is 2.68. The first-order valence-corrected chi connectivity index (χ1v) is 7.56. The van der Waals surface area contributed by atoms with Crippen LogP contribution >= 0.6 is 0 Å². The summed E-state index contributed by atoms with van der Waals surface area (Å²) in [6, 6.07) is 7.26. The number of fused-ring (bicyclic) bond motifs is 1. The van der Waals surface area contributed by atoms with Crippen LogP contribution in [0.15, 0.2) is 35.0 Å². The molecule has 0 aromatic carbocycles. The maximum Gasteiger partial charge on any atom is 0.216 e. The number of methoxy groups -OCH3 is 2. The van der Waals surface area contributed by atoms with Crippen molar-refractivity contribution in [3.63, 3.8) is 0 Å². The van der Waals surface area contributed by atoms with E-state index in [4.69, 9.17) is 13.9 Å². The van der Waals surface area contributed by atoms with Gasteiger partial charge in [0.25, 0.3) is 0 Å². The van der Waals surface area contributed by atoms with Crippen LogP contribution in [0.3, 0.4) is 0 Å². The minimum Gasteiger partial charge on any atom is -0.481 e. The molecule has 8 nitrogen and oxygen atoms in total. The van der Waals surface area contributed by atoms with Crippen molar-refractivity contribution in [1.82, 2.24) is 24.9 Å². The summed E-state index contributed by atoms with van der Waals surface area (Å²) >= 11 is 0. The zero-order chi connectivity index (χ0) is 17.4. The molecule has 0 aliphatic carbocycles. The minimum atomic E-state index is 0.427. The molecule has 0 unspecified atom stereocenters. The first-order valence-electron chi connectivity index (χ1n) is 7.56. The van der Waals surface area contributed by atoms with Crippen LogP contribution < -0.4 is 9.47 Å². The average Bonchev–Trinajstić information content (AvgIpc) is 3.28. The lowest BCUT2D eigenvalue weighted by Gasteiger charge is -2.08. The molecule has 0 aliphatic rings. The van der Waals surface area contributed by atoms with Crippen LogP contribution in [0, 0.1) is 6.92 Å². The van der Waals surface area contributed by atoms with Crippen LogP contribution in [0.5, 0.6) is 11.8 Å². The Bertz CT molecular complexity index is 1030. The molecular formula is C17H15N5O3. The van der Waals surface area contributed by atoms with Gasteiger partial charge in [0.1, 0.15) is 17.0 Å². The number of H-pyrrole nitrogens is 1. The van der Waals surface area contributed by atoms with Crippen LogP contribution in [0.4, 0.5) is 0 Å². The number of imidazole rings is 1. The summed E-state index contributed by atoms with van der Waals surface area (Å²) < 4.78 is 16.2. The number of aromatic amines is 1. The highest BCUT2D eigenvalue weighted by molar-refractivity contribution is 5.88. The number of rotatable bonds is 4. The fraction of sp³-hybridized carbons (Fsp3) is 0.176. The van der Waals surface area contributed by atoms with Gasteiger partial charge in [-0.25, -0.2) is 15.0 Å². The molecule has 0 bridgehead atoms. The molecule has 0 atom stereocenters. The highest BCUT2D eigenvalue weighted by atomic mass is 16.5. The number of hydrogen-bond donors (Lipinski definition) is 1. The zero-order valence-electron chi connectivity index (χ0n) is 13.9. The van der Waals surface area contributed by atoms with Crippen LogP contribution in [0.25, 0.3) is 34.0 Å². The number of nitrogens with zero attached hydrogens (tertiary/aromatic N) is 4. The van der Waals surface area contributed by atoms with Crippen LogP contribution in [-0.2, 0) is 0 Å². The topological polar surface area (TPSA) is 99.0 Å². The van der Waals surface area contributed by atoms with Crippen LogP contribution in [0.2, 0.25) is 0 Å². The zero-order valence-corrected chi connectivity index (χ0v) is 13.9. The van der Waals surface area contributed by atoms with Gasteiger partial charge in [-0.05, 0) is 19.1 Å². The van der Waals surface area contributed by atoms with E-state index in [1.807, 2.05) is 19.1 Å². The third kappa shape index (κ3) is 2.67. The number of aromatic nitrogens is 5. The van der Waals surface area contributed by atoms with E-state index in [1.165, 1.54) is 0 Å². The van der Waals surface area contributed by atoms with Crippen molar-refractivity contribution in [2.24, 2.45) is 0 Å². The van der Waals surface area contributed by atoms with E-state index < -0.39 is 0 Å². The highest BCUT2D eigenvalue weighted by Crippen LogP contribution is 2.31. The standard InChI is InChI=1S/C17H15N5O3/c1-9-4-5-11(25-9)16-21-14(15-17(22-16)19-8-18-15)10-6-12(23-2)20-13(7-10)24-3/h4-8H,1-3H3,(H,18,19,21,22). The number of hydrogen-bond acceptors (Lipinski definition) is 7. The first-order chi connectivity index (χ1) is 12.2. The molecule has 0 fully saturated rings. The fourth-order valence-corrected chi connectivity index (χ4v) is 2.53. The molecule has 4 aromatic rings. The normalized spacial score (nSPS) is 11.0. The number of ether oxygens (including phenoxy) is 2. The first kappa shape index (κ1) is 15.1. The van der Waals surface area contributed by atoms with Gasteiger partial charge >= 0.3 is 0 Å². The van der Waals surface area contributed by atoms with Crippen molar-refractivity contribution >= 4 is 11.2 Å². The molecule has 0 aliphatic heterocycles. The Morgan fingerprint density at radius 1 is 1.00 bits per heavy atom. The highest BCUT2D eigenvalue weighted by Gasteiger charge is 2.17. The monoisotopic (exact) mass is 337 g/mol. The molecule has 4 aromatic heterocycles. The van der Waals surface area contributed by atoms with Gasteiger partial charge < -0.3 is 18.9 Å². The molecule has 0 radical (unpaired) electrons. The molecule has 0 saturated carbocycles. The molecule has 0 amide bonds. The summed E-state index contributed by atoms with van der Waals surface area (Å²) in [5.41, 5.74) is 2.68. The molecule has 126 valence electrons. The van der Waals surface area contributed by atoms with E-state index in [0.29, 0.717) is 40.2 Å². The van der Waals surface area contributed by atoms with Crippen molar-refractivity contribution in [3.8, 4) is 34.6 Å². The van der Waals surface area contributed by atoms with Crippen LogP contribution in [-0.4, -0.2) is 39.1 Å². The minimum absolute atomic E-state index is 0.427. The van der Waals surface area contributed by atoms with Crippen LogP contribution in [0.1, 0.15) is 5.76 Å². The lowest BCUT2D eigenvalue weighted by molar-refractivity contribution is 0.365. The third-order valence-corrected chi connectivity index (χ3v) is 3.72. The summed E-state index contributed by atoms with van der Waals surface area (Å²) in [7, 11) is 3.10. The Balaban J connectivity index is 1.96. The molecule has 0 spiro atoms. The van der Waals surface area contributed by atoms with E-state index in [-0.39, 0.29) is 0 Å². The summed E-state index contributed by atoms with van der Waals surface area (Å²) in [6.07, 6.45) is 1.58. The molecule has 8 heteroatoms. The largest absolute Gasteiger partial charge is 0.481 e. The smallest absolute Gasteiger partial charge is 0.216 e. The summed E-state index contributed by atoms with van der Waals surface area (Å²) in [4.78, 5) is 20.7. The quantitative estimate of drug-likeness (QED) is 0.611. The maximum absolute atomic E-state index is 5.65. The van der Waals surface area contributed by atoms with Crippen molar-refractivity contribution in [2.45, 2.75) is 6.92 Å². The third-order valence-electron chi connectivity index (χ3n) is 3.72. The maximum atomic E-state index is 5.65. The SMILES string of the molecule is COc1cc(-c2nc(-c3ccc(C)o3)nc3nc[nH]c23)cc(OC)n1. The van der Waals surface area contributed by atoms with E-state index >= 15 is 0 Å². The lowest BCUT2D eigenvalue weighted by Crippen LogP contribution is -1.97. The Labute approximate surface area is 142 Å². The average molecular weight is 337 g/mol. The molecular weight excluding hydrogens is 322 g/mol. The van der Waals surface area contributed by atoms with Gasteiger partial charge in [0.15, 0.2) is 17.2 Å². The summed E-state index contributed by atoms with van der Waals surface area (Å²) in [6.45, 7) is 1.87. The van der Waals surface area contributed by atoms with Gasteiger partial charge in [0.2, 0.25) is 11.8 Å². The molecule has 0 saturated heterocycles. The van der Waals surface area contributed by atoms with Gasteiger partial charge in [-0.15, -0.1) is 0 Å². The van der Waals surface area contributed by atoms with E-state index in [2.05, 4.69) is 24.9 Å². The van der Waals surface area contributed by atoms with Crippen molar-refractivity contribution < 1.29 is 13.9 Å². The number of furan rings is 1. The second-order valence-electron chi connectivity index (χ2n) is 5.35. The van der Waals surface area contributed by atoms with Gasteiger partial charge in [-0.1, -0.05) is 0 Å². The fourth-order valence-electron chi connectivity index (χ4n) is 2.53. The van der Waals surface area contributed by atoms with Gasteiger partial charge in [-0.2, -0.15) is 4.98 Å². The van der Waals surface area contributed by atoms with E-state index in [9.17, 15) is 0 Å². The predicted octanol–water partition coefficient (Wildman–Crippen LogP) is 3.00. The summed E-state index contributed by atoms with van der Waals surface area (Å²) in [5, 5.41) is 0. The Hall–Kier alpha value is -3.42. The molecule has 25 heavy (non-hydrogen) atoms. The van der Waals surface area contributed by atoms with E-state index in [1.54, 1.807) is 32.7 Å². The second-order valence-corrected chi connectivity index (χ2v) is 5.35. The second kappa shape index (κ2) is 5.90. The number of nitrogens with one attached hydrogen (secondary N) is 1. The van der Waals surface area contributed by atoms with Crippen molar-refractivity contribution in [3.05, 3.63) is 36.4 Å². The lowest BCUT2D eigenvalue weighted by atomic mass is 10.1.